The van der Waals surface area contributed by atoms with Crippen molar-refractivity contribution in [1.29, 1.82) is 0 Å². The lowest BCUT2D eigenvalue weighted by Gasteiger charge is -2.20. The van der Waals surface area contributed by atoms with E-state index in [2.05, 4.69) is 4.98 Å². The zero-order valence-electron chi connectivity index (χ0n) is 15.0. The van der Waals surface area contributed by atoms with Gasteiger partial charge < -0.3 is 4.90 Å². The van der Waals surface area contributed by atoms with Crippen molar-refractivity contribution in [1.82, 2.24) is 9.88 Å². The van der Waals surface area contributed by atoms with Gasteiger partial charge in [0.2, 0.25) is 0 Å². The second-order valence-corrected chi connectivity index (χ2v) is 8.11. The van der Waals surface area contributed by atoms with Gasteiger partial charge in [0.05, 0.1) is 10.2 Å². The molecule has 1 aromatic heterocycles. The quantitative estimate of drug-likeness (QED) is 0.514. The standard InChI is InChI=1S/C20H19Cl2N3OS/c1-24(2)11-12-25(19(26)10-7-14-5-3-4-6-16(14)22)20-23-17-9-8-15(21)13-18(17)27-20/h3-10,13H,11-12H2,1-2H3/b10-7+. The molecular formula is C20H19Cl2N3OS. The number of benzene rings is 2. The normalized spacial score (nSPS) is 11.6. The molecule has 0 fully saturated rings. The number of rotatable bonds is 6. The van der Waals surface area contributed by atoms with E-state index in [1.165, 1.54) is 17.4 Å². The summed E-state index contributed by atoms with van der Waals surface area (Å²) in [7, 11) is 3.95. The van der Waals surface area contributed by atoms with Crippen LogP contribution in [0.15, 0.2) is 48.5 Å². The Morgan fingerprint density at radius 2 is 1.93 bits per heavy atom. The van der Waals surface area contributed by atoms with Crippen LogP contribution in [0.3, 0.4) is 0 Å². The minimum absolute atomic E-state index is 0.137. The summed E-state index contributed by atoms with van der Waals surface area (Å²) in [4.78, 5) is 21.2. The molecule has 3 aromatic rings. The van der Waals surface area contributed by atoms with Crippen LogP contribution in [0.1, 0.15) is 5.56 Å². The molecule has 0 atom stereocenters. The zero-order valence-corrected chi connectivity index (χ0v) is 17.4. The van der Waals surface area contributed by atoms with E-state index in [1.807, 2.05) is 49.3 Å². The van der Waals surface area contributed by atoms with Gasteiger partial charge in [-0.3, -0.25) is 9.69 Å². The lowest BCUT2D eigenvalue weighted by atomic mass is 10.2. The number of hydrogen-bond donors (Lipinski definition) is 0. The van der Waals surface area contributed by atoms with Gasteiger partial charge in [-0.2, -0.15) is 0 Å². The fraction of sp³-hybridized carbons (Fsp3) is 0.200. The fourth-order valence-electron chi connectivity index (χ4n) is 2.46. The topological polar surface area (TPSA) is 36.4 Å². The van der Waals surface area contributed by atoms with Gasteiger partial charge in [0, 0.05) is 29.2 Å². The van der Waals surface area contributed by atoms with Crippen LogP contribution in [0.2, 0.25) is 10.0 Å². The van der Waals surface area contributed by atoms with Gasteiger partial charge in [-0.05, 0) is 50.0 Å². The number of amides is 1. The minimum atomic E-state index is -0.137. The second-order valence-electron chi connectivity index (χ2n) is 6.26. The van der Waals surface area contributed by atoms with Crippen molar-refractivity contribution in [3.63, 3.8) is 0 Å². The van der Waals surface area contributed by atoms with E-state index in [-0.39, 0.29) is 5.91 Å². The van der Waals surface area contributed by atoms with E-state index >= 15 is 0 Å². The van der Waals surface area contributed by atoms with Gasteiger partial charge in [0.25, 0.3) is 5.91 Å². The molecule has 4 nitrogen and oxygen atoms in total. The molecule has 0 bridgehead atoms. The lowest BCUT2D eigenvalue weighted by molar-refractivity contribution is -0.114. The van der Waals surface area contributed by atoms with Crippen molar-refractivity contribution in [2.75, 3.05) is 32.1 Å². The lowest BCUT2D eigenvalue weighted by Crippen LogP contribution is -2.35. The van der Waals surface area contributed by atoms with Crippen molar-refractivity contribution in [3.05, 3.63) is 64.1 Å². The Kier molecular flexibility index (Phi) is 6.50. The molecule has 0 radical (unpaired) electrons. The predicted octanol–water partition coefficient (Wildman–Crippen LogP) is 5.21. The zero-order chi connectivity index (χ0) is 19.4. The molecule has 27 heavy (non-hydrogen) atoms. The van der Waals surface area contributed by atoms with E-state index in [9.17, 15) is 4.79 Å². The minimum Gasteiger partial charge on any atom is -0.308 e. The number of anilines is 1. The van der Waals surface area contributed by atoms with Gasteiger partial charge >= 0.3 is 0 Å². The molecule has 0 spiro atoms. The third-order valence-corrected chi connectivity index (χ3v) is 5.54. The fourth-order valence-corrected chi connectivity index (χ4v) is 3.93. The summed E-state index contributed by atoms with van der Waals surface area (Å²) in [5.41, 5.74) is 1.63. The summed E-state index contributed by atoms with van der Waals surface area (Å²) in [6.07, 6.45) is 3.27. The molecule has 0 N–H and O–H groups in total. The summed E-state index contributed by atoms with van der Waals surface area (Å²) in [6.45, 7) is 1.26. The Bertz CT molecular complexity index is 984. The molecule has 140 valence electrons. The SMILES string of the molecule is CN(C)CCN(C(=O)/C=C/c1ccccc1Cl)c1nc2ccc(Cl)cc2s1. The number of fused-ring (bicyclic) bond motifs is 1. The van der Waals surface area contributed by atoms with Crippen molar-refractivity contribution >= 4 is 61.9 Å². The molecule has 0 aliphatic carbocycles. The molecule has 0 saturated carbocycles. The first kappa shape index (κ1) is 19.8. The molecule has 0 saturated heterocycles. The highest BCUT2D eigenvalue weighted by Gasteiger charge is 2.18. The Hall–Kier alpha value is -1.92. The maximum atomic E-state index is 12.9. The first-order chi connectivity index (χ1) is 12.9. The summed E-state index contributed by atoms with van der Waals surface area (Å²) in [5.74, 6) is -0.137. The molecular weight excluding hydrogens is 401 g/mol. The third-order valence-electron chi connectivity index (χ3n) is 3.92. The van der Waals surface area contributed by atoms with E-state index in [0.717, 1.165) is 22.3 Å². The summed E-state index contributed by atoms with van der Waals surface area (Å²) in [5, 5.41) is 1.92. The predicted molar refractivity (Wildman–Crippen MR) is 116 cm³/mol. The summed E-state index contributed by atoms with van der Waals surface area (Å²) >= 11 is 13.7. The largest absolute Gasteiger partial charge is 0.308 e. The Balaban J connectivity index is 1.89. The van der Waals surface area contributed by atoms with Crippen LogP contribution in [-0.2, 0) is 4.79 Å². The Morgan fingerprint density at radius 1 is 1.15 bits per heavy atom. The van der Waals surface area contributed by atoms with Crippen LogP contribution in [0, 0.1) is 0 Å². The molecule has 2 aromatic carbocycles. The van der Waals surface area contributed by atoms with E-state index in [1.54, 1.807) is 23.1 Å². The summed E-state index contributed by atoms with van der Waals surface area (Å²) in [6, 6.07) is 13.0. The smallest absolute Gasteiger partial charge is 0.252 e. The molecule has 0 unspecified atom stereocenters. The van der Waals surface area contributed by atoms with E-state index in [0.29, 0.717) is 21.7 Å². The van der Waals surface area contributed by atoms with E-state index in [4.69, 9.17) is 23.2 Å². The summed E-state index contributed by atoms with van der Waals surface area (Å²) < 4.78 is 0.954. The molecule has 0 aliphatic rings. The van der Waals surface area contributed by atoms with Gasteiger partial charge in [-0.15, -0.1) is 0 Å². The molecule has 1 heterocycles. The first-order valence-corrected chi connectivity index (χ1v) is 9.96. The van der Waals surface area contributed by atoms with Crippen molar-refractivity contribution in [2.24, 2.45) is 0 Å². The average molecular weight is 420 g/mol. The average Bonchev–Trinajstić information content (AvgIpc) is 3.03. The van der Waals surface area contributed by atoms with Crippen LogP contribution in [0.25, 0.3) is 16.3 Å². The molecule has 1 amide bonds. The highest BCUT2D eigenvalue weighted by molar-refractivity contribution is 7.22. The van der Waals surface area contributed by atoms with Gasteiger partial charge in [-0.1, -0.05) is 52.7 Å². The molecule has 7 heteroatoms. The van der Waals surface area contributed by atoms with Gasteiger partial charge in [-0.25, -0.2) is 4.98 Å². The Morgan fingerprint density at radius 3 is 2.67 bits per heavy atom. The van der Waals surface area contributed by atoms with Crippen LogP contribution >= 0.6 is 34.5 Å². The number of carbonyl (C=O) groups is 1. The van der Waals surface area contributed by atoms with Crippen LogP contribution in [0.4, 0.5) is 5.13 Å². The third kappa shape index (κ3) is 5.08. The van der Waals surface area contributed by atoms with Gasteiger partial charge in [0.1, 0.15) is 0 Å². The maximum absolute atomic E-state index is 12.9. The highest BCUT2D eigenvalue weighted by Crippen LogP contribution is 2.31. The number of nitrogens with zero attached hydrogens (tertiary/aromatic N) is 3. The number of halogens is 2. The van der Waals surface area contributed by atoms with Gasteiger partial charge in [0.15, 0.2) is 5.13 Å². The number of thiazole rings is 1. The number of hydrogen-bond acceptors (Lipinski definition) is 4. The van der Waals surface area contributed by atoms with Crippen LogP contribution in [0.5, 0.6) is 0 Å². The van der Waals surface area contributed by atoms with E-state index < -0.39 is 0 Å². The Labute approximate surface area is 172 Å². The molecule has 0 aliphatic heterocycles. The van der Waals surface area contributed by atoms with Crippen molar-refractivity contribution < 1.29 is 4.79 Å². The van der Waals surface area contributed by atoms with Crippen molar-refractivity contribution in [3.8, 4) is 0 Å². The second kappa shape index (κ2) is 8.85. The van der Waals surface area contributed by atoms with Crippen LogP contribution < -0.4 is 4.90 Å². The molecule has 3 rings (SSSR count). The van der Waals surface area contributed by atoms with Crippen molar-refractivity contribution in [2.45, 2.75) is 0 Å². The number of carbonyl (C=O) groups excluding carboxylic acids is 1. The maximum Gasteiger partial charge on any atom is 0.252 e. The van der Waals surface area contributed by atoms with Crippen LogP contribution in [-0.4, -0.2) is 43.0 Å². The number of likely N-dealkylation sites (N-methyl/N-ethyl adjacent to an activating group) is 1. The highest BCUT2D eigenvalue weighted by atomic mass is 35.5. The number of aromatic nitrogens is 1. The first-order valence-electron chi connectivity index (χ1n) is 8.39. The monoisotopic (exact) mass is 419 g/mol.